The molecular formula is C25H24N4O5S. The second-order valence-corrected chi connectivity index (χ2v) is 9.46. The summed E-state index contributed by atoms with van der Waals surface area (Å²) in [4.78, 5) is 12.8. The first-order chi connectivity index (χ1) is 16.8. The molecule has 1 aromatic heterocycles. The normalized spacial score (nSPS) is 11.7. The van der Waals surface area contributed by atoms with Gasteiger partial charge in [-0.25, -0.2) is 8.42 Å². The molecule has 0 saturated carbocycles. The molecule has 0 bridgehead atoms. The minimum atomic E-state index is -4.10. The molecule has 180 valence electrons. The maximum Gasteiger partial charge on any atom is 0.285 e. The van der Waals surface area contributed by atoms with Gasteiger partial charge in [0.1, 0.15) is 12.3 Å². The zero-order chi connectivity index (χ0) is 25.0. The molecule has 3 aromatic carbocycles. The van der Waals surface area contributed by atoms with Crippen LogP contribution in [0.5, 0.6) is 11.6 Å². The van der Waals surface area contributed by atoms with Crippen LogP contribution in [-0.4, -0.2) is 37.2 Å². The maximum atomic E-state index is 13.5. The van der Waals surface area contributed by atoms with Gasteiger partial charge in [0.2, 0.25) is 5.88 Å². The largest absolute Gasteiger partial charge is 0.494 e. The third-order valence-corrected chi connectivity index (χ3v) is 7.15. The number of azo groups is 1. The molecule has 4 rings (SSSR count). The van der Waals surface area contributed by atoms with Crippen molar-refractivity contribution in [2.75, 3.05) is 17.5 Å². The predicted octanol–water partition coefficient (Wildman–Crippen LogP) is 4.79. The van der Waals surface area contributed by atoms with E-state index in [0.717, 1.165) is 9.82 Å². The average molecular weight is 493 g/mol. The highest BCUT2D eigenvalue weighted by Crippen LogP contribution is 2.37. The van der Waals surface area contributed by atoms with Crippen LogP contribution in [0.1, 0.15) is 6.92 Å². The number of carbonyl (C=O) groups excluding carboxylic acids is 1. The van der Waals surface area contributed by atoms with E-state index >= 15 is 0 Å². The lowest BCUT2D eigenvalue weighted by Crippen LogP contribution is -2.35. The third kappa shape index (κ3) is 4.87. The molecule has 0 aliphatic heterocycles. The first-order valence-electron chi connectivity index (χ1n) is 10.8. The van der Waals surface area contributed by atoms with E-state index in [4.69, 9.17) is 4.74 Å². The predicted molar refractivity (Wildman–Crippen MR) is 133 cm³/mol. The highest BCUT2D eigenvalue weighted by Gasteiger charge is 2.27. The number of amides is 1. The molecule has 1 N–H and O–H groups in total. The van der Waals surface area contributed by atoms with Crippen molar-refractivity contribution >= 4 is 38.2 Å². The summed E-state index contributed by atoms with van der Waals surface area (Å²) < 4.78 is 34.8. The van der Waals surface area contributed by atoms with Crippen molar-refractivity contribution in [3.8, 4) is 11.6 Å². The number of nitrogens with zero attached hydrogens (tertiary/aromatic N) is 4. The van der Waals surface area contributed by atoms with Crippen LogP contribution >= 0.6 is 0 Å². The molecule has 0 atom stereocenters. The number of fused-ring (bicyclic) bond motifs is 1. The van der Waals surface area contributed by atoms with Gasteiger partial charge in [-0.3, -0.25) is 9.10 Å². The molecule has 0 aliphatic rings. The van der Waals surface area contributed by atoms with E-state index in [9.17, 15) is 18.3 Å². The molecule has 0 aliphatic carbocycles. The van der Waals surface area contributed by atoms with Gasteiger partial charge in [0, 0.05) is 12.4 Å². The van der Waals surface area contributed by atoms with Gasteiger partial charge >= 0.3 is 0 Å². The lowest BCUT2D eigenvalue weighted by Gasteiger charge is -2.23. The van der Waals surface area contributed by atoms with Gasteiger partial charge < -0.3 is 14.4 Å². The number of rotatable bonds is 8. The molecule has 4 aromatic rings. The van der Waals surface area contributed by atoms with Crippen molar-refractivity contribution in [1.29, 1.82) is 0 Å². The fourth-order valence-electron chi connectivity index (χ4n) is 3.63. The summed E-state index contributed by atoms with van der Waals surface area (Å²) in [6.45, 7) is 1.71. The fourth-order valence-corrected chi connectivity index (χ4v) is 5.04. The Hall–Kier alpha value is -4.18. The summed E-state index contributed by atoms with van der Waals surface area (Å²) in [6, 6.07) is 21.4. The number of carbonyl (C=O) groups is 1. The van der Waals surface area contributed by atoms with Crippen LogP contribution in [0, 0.1) is 0 Å². The van der Waals surface area contributed by atoms with E-state index in [1.165, 1.54) is 16.7 Å². The third-order valence-electron chi connectivity index (χ3n) is 5.36. The lowest BCUT2D eigenvalue weighted by molar-refractivity contribution is -0.116. The number of benzene rings is 3. The van der Waals surface area contributed by atoms with Crippen LogP contribution in [0.3, 0.4) is 0 Å². The fraction of sp³-hybridized carbons (Fsp3) is 0.160. The van der Waals surface area contributed by atoms with Crippen LogP contribution in [0.15, 0.2) is 94.0 Å². The Morgan fingerprint density at radius 2 is 1.66 bits per heavy atom. The standard InChI is InChI=1S/C25H24N4O5S/c1-3-34-19-13-15-20(16-14-19)35(32,33)29(18-9-5-4-6-10-18)17-23(30)26-27-24-21-11-7-8-12-22(21)28(2)25(24)31/h4-16,31H,3,17H2,1-2H3. The first kappa shape index (κ1) is 24.0. The summed E-state index contributed by atoms with van der Waals surface area (Å²) in [5.74, 6) is -0.405. The van der Waals surface area contributed by atoms with E-state index < -0.39 is 22.5 Å². The highest BCUT2D eigenvalue weighted by atomic mass is 32.2. The van der Waals surface area contributed by atoms with Gasteiger partial charge in [-0.05, 0) is 49.4 Å². The van der Waals surface area contributed by atoms with Crippen LogP contribution < -0.4 is 9.04 Å². The number of hydrogen-bond donors (Lipinski definition) is 1. The van der Waals surface area contributed by atoms with Crippen molar-refractivity contribution in [1.82, 2.24) is 4.57 Å². The quantitative estimate of drug-likeness (QED) is 0.355. The molecule has 1 heterocycles. The SMILES string of the molecule is CCOc1ccc(S(=O)(=O)N(CC(=O)N=Nc2c(O)n(C)c3ccccc23)c2ccccc2)cc1. The van der Waals surface area contributed by atoms with E-state index in [2.05, 4.69) is 10.2 Å². The molecule has 0 spiro atoms. The first-order valence-corrected chi connectivity index (χ1v) is 12.3. The minimum Gasteiger partial charge on any atom is -0.494 e. The topological polar surface area (TPSA) is 114 Å². The van der Waals surface area contributed by atoms with E-state index in [0.29, 0.717) is 23.4 Å². The summed E-state index contributed by atoms with van der Waals surface area (Å²) in [7, 11) is -2.44. The minimum absolute atomic E-state index is 0.00115. The van der Waals surface area contributed by atoms with Gasteiger partial charge in [0.05, 0.1) is 22.7 Å². The molecule has 0 radical (unpaired) electrons. The van der Waals surface area contributed by atoms with E-state index in [1.807, 2.05) is 13.0 Å². The molecule has 0 saturated heterocycles. The smallest absolute Gasteiger partial charge is 0.285 e. The van der Waals surface area contributed by atoms with E-state index in [1.54, 1.807) is 67.7 Å². The second kappa shape index (κ2) is 9.98. The summed E-state index contributed by atoms with van der Waals surface area (Å²) in [5.41, 5.74) is 1.16. The van der Waals surface area contributed by atoms with E-state index in [-0.39, 0.29) is 16.5 Å². The van der Waals surface area contributed by atoms with Gasteiger partial charge in [0.15, 0.2) is 5.69 Å². The van der Waals surface area contributed by atoms with Crippen LogP contribution in [0.4, 0.5) is 11.4 Å². The number of aromatic hydroxyl groups is 1. The van der Waals surface area contributed by atoms with Crippen LogP contribution in [0.25, 0.3) is 10.9 Å². The Kier molecular flexibility index (Phi) is 6.83. The van der Waals surface area contributed by atoms with Gasteiger partial charge in [-0.1, -0.05) is 36.4 Å². The molecule has 35 heavy (non-hydrogen) atoms. The number of ether oxygens (including phenoxy) is 1. The van der Waals surface area contributed by atoms with Gasteiger partial charge in [0.25, 0.3) is 15.9 Å². The monoisotopic (exact) mass is 492 g/mol. The molecule has 0 unspecified atom stereocenters. The Morgan fingerprint density at radius 1 is 1.00 bits per heavy atom. The number of hydrogen-bond acceptors (Lipinski definition) is 6. The maximum absolute atomic E-state index is 13.5. The lowest BCUT2D eigenvalue weighted by atomic mass is 10.2. The summed E-state index contributed by atoms with van der Waals surface area (Å²) >= 11 is 0. The number of aromatic nitrogens is 1. The van der Waals surface area contributed by atoms with Crippen molar-refractivity contribution in [2.24, 2.45) is 17.3 Å². The Labute approximate surface area is 203 Å². The van der Waals surface area contributed by atoms with Crippen molar-refractivity contribution in [3.63, 3.8) is 0 Å². The van der Waals surface area contributed by atoms with Crippen molar-refractivity contribution in [2.45, 2.75) is 11.8 Å². The number of aryl methyl sites for hydroxylation is 1. The number of anilines is 1. The highest BCUT2D eigenvalue weighted by molar-refractivity contribution is 7.92. The molecule has 0 fully saturated rings. The Morgan fingerprint density at radius 3 is 2.34 bits per heavy atom. The van der Waals surface area contributed by atoms with Gasteiger partial charge in [-0.15, -0.1) is 10.2 Å². The van der Waals surface area contributed by atoms with Crippen LogP contribution in [-0.2, 0) is 21.9 Å². The number of para-hydroxylation sites is 2. The molecule has 9 nitrogen and oxygen atoms in total. The zero-order valence-electron chi connectivity index (χ0n) is 19.2. The van der Waals surface area contributed by atoms with Gasteiger partial charge in [-0.2, -0.15) is 0 Å². The van der Waals surface area contributed by atoms with Crippen molar-refractivity contribution < 1.29 is 23.1 Å². The van der Waals surface area contributed by atoms with Crippen LogP contribution in [0.2, 0.25) is 0 Å². The summed E-state index contributed by atoms with van der Waals surface area (Å²) in [6.07, 6.45) is 0. The zero-order valence-corrected chi connectivity index (χ0v) is 20.0. The second-order valence-electron chi connectivity index (χ2n) is 7.59. The molecule has 10 heteroatoms. The van der Waals surface area contributed by atoms with Crippen molar-refractivity contribution in [3.05, 3.63) is 78.9 Å². The molecule has 1 amide bonds. The summed E-state index contributed by atoms with van der Waals surface area (Å²) in [5, 5.41) is 18.7. The Balaban J connectivity index is 1.65. The number of sulfonamides is 1. The molecular weight excluding hydrogens is 468 g/mol. The Bertz CT molecular complexity index is 1480. The average Bonchev–Trinajstić information content (AvgIpc) is 3.11.